The number of nitrogens with zero attached hydrogens (tertiary/aromatic N) is 3. The van der Waals surface area contributed by atoms with E-state index >= 15 is 0 Å². The van der Waals surface area contributed by atoms with Gasteiger partial charge in [-0.05, 0) is 51.8 Å². The highest BCUT2D eigenvalue weighted by Crippen LogP contribution is 2.27. The first-order chi connectivity index (χ1) is 16.9. The maximum Gasteiger partial charge on any atom is 0.352 e. The number of ether oxygens (including phenoxy) is 1. The molecular weight excluding hydrogens is 488 g/mol. The van der Waals surface area contributed by atoms with Crippen molar-refractivity contribution in [2.45, 2.75) is 83.1 Å². The quantitative estimate of drug-likeness (QED) is 0.451. The summed E-state index contributed by atoms with van der Waals surface area (Å²) in [6, 6.07) is 4.36. The third-order valence-electron chi connectivity index (χ3n) is 6.12. The van der Waals surface area contributed by atoms with Crippen LogP contribution in [0, 0.1) is 0 Å². The van der Waals surface area contributed by atoms with Gasteiger partial charge in [-0.3, -0.25) is 14.2 Å². The second-order valence-corrected chi connectivity index (χ2v) is 10.8. The zero-order chi connectivity index (χ0) is 26.5. The lowest BCUT2D eigenvalue weighted by Gasteiger charge is -2.27. The van der Waals surface area contributed by atoms with Crippen LogP contribution in [0.1, 0.15) is 69.7 Å². The van der Waals surface area contributed by atoms with E-state index < -0.39 is 34.5 Å². The van der Waals surface area contributed by atoms with Crippen LogP contribution in [-0.2, 0) is 11.3 Å². The molecule has 1 aliphatic carbocycles. The van der Waals surface area contributed by atoms with Gasteiger partial charge >= 0.3 is 5.69 Å². The van der Waals surface area contributed by atoms with E-state index in [1.807, 2.05) is 20.8 Å². The van der Waals surface area contributed by atoms with Crippen molar-refractivity contribution in [3.05, 3.63) is 55.8 Å². The van der Waals surface area contributed by atoms with Crippen molar-refractivity contribution in [3.8, 4) is 5.69 Å². The van der Waals surface area contributed by atoms with E-state index in [-0.39, 0.29) is 36.0 Å². The van der Waals surface area contributed by atoms with Crippen molar-refractivity contribution in [2.24, 2.45) is 0 Å². The van der Waals surface area contributed by atoms with Gasteiger partial charge in [-0.2, -0.15) is 9.78 Å². The predicted octanol–water partition coefficient (Wildman–Crippen LogP) is 2.04. The number of benzene rings is 1. The molecule has 1 heterocycles. The summed E-state index contributed by atoms with van der Waals surface area (Å²) in [5, 5.41) is 28.0. The van der Waals surface area contributed by atoms with Gasteiger partial charge in [0.1, 0.15) is 6.20 Å². The number of carbonyl (C=O) groups is 1. The summed E-state index contributed by atoms with van der Waals surface area (Å²) in [6.45, 7) is 5.25. The van der Waals surface area contributed by atoms with Crippen molar-refractivity contribution >= 4 is 17.5 Å². The normalized spacial score (nSPS) is 16.8. The summed E-state index contributed by atoms with van der Waals surface area (Å²) in [6.07, 6.45) is 5.06. The fourth-order valence-electron chi connectivity index (χ4n) is 4.11. The summed E-state index contributed by atoms with van der Waals surface area (Å²) >= 11 is 6.26. The molecule has 0 spiro atoms. The second kappa shape index (κ2) is 11.7. The molecule has 36 heavy (non-hydrogen) atoms. The molecule has 0 saturated heterocycles. The van der Waals surface area contributed by atoms with Crippen LogP contribution < -0.4 is 16.6 Å². The average molecular weight is 523 g/mol. The van der Waals surface area contributed by atoms with Crippen LogP contribution in [0.15, 0.2) is 34.0 Å². The van der Waals surface area contributed by atoms with Crippen LogP contribution >= 0.6 is 11.6 Å². The fraction of sp³-hybridized carbons (Fsp3) is 0.600. The molecule has 1 atom stereocenters. The number of halogens is 1. The smallest absolute Gasteiger partial charge is 0.352 e. The Balaban J connectivity index is 1.81. The Bertz CT molecular complexity index is 1180. The predicted molar refractivity (Wildman–Crippen MR) is 136 cm³/mol. The second-order valence-electron chi connectivity index (χ2n) is 10.4. The number of hydrogen-bond acceptors (Lipinski definition) is 7. The van der Waals surface area contributed by atoms with E-state index in [1.165, 1.54) is 18.2 Å². The lowest BCUT2D eigenvalue weighted by atomic mass is 9.94. The van der Waals surface area contributed by atoms with Gasteiger partial charge in [0.2, 0.25) is 0 Å². The van der Waals surface area contributed by atoms with E-state index in [0.717, 1.165) is 41.1 Å². The van der Waals surface area contributed by atoms with Gasteiger partial charge in [0.15, 0.2) is 0 Å². The Morgan fingerprint density at radius 1 is 1.22 bits per heavy atom. The van der Waals surface area contributed by atoms with Gasteiger partial charge in [-0.1, -0.05) is 37.3 Å². The van der Waals surface area contributed by atoms with E-state index in [4.69, 9.17) is 16.3 Å². The molecule has 3 rings (SSSR count). The lowest BCUT2D eigenvalue weighted by molar-refractivity contribution is -0.0530. The van der Waals surface area contributed by atoms with Crippen molar-refractivity contribution in [1.82, 2.24) is 19.7 Å². The minimum Gasteiger partial charge on any atom is -0.389 e. The highest BCUT2D eigenvalue weighted by molar-refractivity contribution is 6.33. The molecule has 0 radical (unpaired) electrons. The van der Waals surface area contributed by atoms with Crippen LogP contribution in [0.4, 0.5) is 0 Å². The Morgan fingerprint density at radius 2 is 1.89 bits per heavy atom. The molecule has 10 nitrogen and oxygen atoms in total. The summed E-state index contributed by atoms with van der Waals surface area (Å²) in [5.74, 6) is -0.490. The summed E-state index contributed by atoms with van der Waals surface area (Å²) in [5.41, 5.74) is -2.57. The van der Waals surface area contributed by atoms with Crippen LogP contribution in [0.25, 0.3) is 5.69 Å². The van der Waals surface area contributed by atoms with E-state index in [2.05, 4.69) is 10.4 Å². The van der Waals surface area contributed by atoms with Crippen molar-refractivity contribution in [1.29, 1.82) is 0 Å². The standard InChI is InChI=1S/C25H35ClN4O6/c1-24(2,3)36-15-18(31)14-29-21(32)13-28-30(23(29)34)17-8-9-20(26)19(12-17)22(33)27-16-25(35)10-6-4-5-7-11-25/h8-9,12-13,18,31,35H,4-7,10-11,14-16H2,1-3H3,(H,27,33). The molecule has 1 saturated carbocycles. The van der Waals surface area contributed by atoms with E-state index in [9.17, 15) is 24.6 Å². The molecule has 1 aromatic carbocycles. The van der Waals surface area contributed by atoms with Gasteiger partial charge in [-0.15, -0.1) is 0 Å². The van der Waals surface area contributed by atoms with Crippen LogP contribution in [-0.4, -0.2) is 60.9 Å². The van der Waals surface area contributed by atoms with Crippen LogP contribution in [0.5, 0.6) is 0 Å². The zero-order valence-corrected chi connectivity index (χ0v) is 21.8. The topological polar surface area (TPSA) is 136 Å². The number of rotatable bonds is 8. The maximum atomic E-state index is 13.0. The van der Waals surface area contributed by atoms with Gasteiger partial charge in [0.05, 0.1) is 46.7 Å². The molecule has 198 valence electrons. The van der Waals surface area contributed by atoms with Crippen molar-refractivity contribution in [3.63, 3.8) is 0 Å². The number of aliphatic hydroxyl groups is 2. The lowest BCUT2D eigenvalue weighted by Crippen LogP contribution is -2.44. The molecule has 1 aliphatic rings. The first kappa shape index (κ1) is 28.0. The molecule has 1 aromatic heterocycles. The van der Waals surface area contributed by atoms with Crippen molar-refractivity contribution < 1.29 is 19.7 Å². The first-order valence-corrected chi connectivity index (χ1v) is 12.6. The minimum atomic E-state index is -1.09. The first-order valence-electron chi connectivity index (χ1n) is 12.2. The molecule has 1 unspecified atom stereocenters. The van der Waals surface area contributed by atoms with Gasteiger partial charge in [-0.25, -0.2) is 4.79 Å². The number of amides is 1. The van der Waals surface area contributed by atoms with Gasteiger partial charge < -0.3 is 20.3 Å². The van der Waals surface area contributed by atoms with Crippen LogP contribution in [0.3, 0.4) is 0 Å². The number of aliphatic hydroxyl groups excluding tert-OH is 1. The Kier molecular flexibility index (Phi) is 9.10. The summed E-state index contributed by atoms with van der Waals surface area (Å²) in [7, 11) is 0. The molecule has 0 bridgehead atoms. The molecule has 11 heteroatoms. The monoisotopic (exact) mass is 522 g/mol. The highest BCUT2D eigenvalue weighted by Gasteiger charge is 2.29. The van der Waals surface area contributed by atoms with E-state index in [0.29, 0.717) is 12.8 Å². The zero-order valence-electron chi connectivity index (χ0n) is 21.0. The Hall–Kier alpha value is -2.53. The van der Waals surface area contributed by atoms with Gasteiger partial charge in [0.25, 0.3) is 11.5 Å². The molecule has 1 fully saturated rings. The van der Waals surface area contributed by atoms with Gasteiger partial charge in [0, 0.05) is 6.54 Å². The maximum absolute atomic E-state index is 13.0. The number of carbonyl (C=O) groups excluding carboxylic acids is 1. The molecular formula is C25H35ClN4O6. The average Bonchev–Trinajstić information content (AvgIpc) is 3.04. The largest absolute Gasteiger partial charge is 0.389 e. The summed E-state index contributed by atoms with van der Waals surface area (Å²) < 4.78 is 7.35. The highest BCUT2D eigenvalue weighted by atomic mass is 35.5. The molecule has 1 amide bonds. The third-order valence-corrected chi connectivity index (χ3v) is 6.44. The van der Waals surface area contributed by atoms with Crippen LogP contribution in [0.2, 0.25) is 5.02 Å². The Morgan fingerprint density at radius 3 is 2.53 bits per heavy atom. The number of aromatic nitrogens is 3. The Labute approximate surface area is 214 Å². The summed E-state index contributed by atoms with van der Waals surface area (Å²) in [4.78, 5) is 38.3. The molecule has 3 N–H and O–H groups in total. The minimum absolute atomic E-state index is 0.0602. The SMILES string of the molecule is CC(C)(C)OCC(O)Cn1c(=O)cnn(-c2ccc(Cl)c(C(=O)NCC3(O)CCCCCC3)c2)c1=O. The number of nitrogens with one attached hydrogen (secondary N) is 1. The number of hydrogen-bond donors (Lipinski definition) is 3. The van der Waals surface area contributed by atoms with Crippen molar-refractivity contribution in [2.75, 3.05) is 13.2 Å². The molecule has 0 aliphatic heterocycles. The molecule has 2 aromatic rings. The van der Waals surface area contributed by atoms with E-state index in [1.54, 1.807) is 0 Å². The fourth-order valence-corrected chi connectivity index (χ4v) is 4.32. The third kappa shape index (κ3) is 7.49.